The number of carboxylic acids is 1. The minimum atomic E-state index is -0.818. The molecule has 1 saturated heterocycles. The lowest BCUT2D eigenvalue weighted by atomic mass is 10.0. The Hall–Kier alpha value is -1.79. The Balaban J connectivity index is 2.16. The van der Waals surface area contributed by atoms with Crippen LogP contribution in [0.25, 0.3) is 0 Å². The van der Waals surface area contributed by atoms with Crippen LogP contribution in [0.2, 0.25) is 0 Å². The molecule has 2 rings (SSSR count). The number of methoxy groups -OCH3 is 2. The van der Waals surface area contributed by atoms with Gasteiger partial charge in [-0.15, -0.1) is 0 Å². The van der Waals surface area contributed by atoms with Crippen molar-refractivity contribution in [3.8, 4) is 11.5 Å². The summed E-state index contributed by atoms with van der Waals surface area (Å²) in [6, 6.07) is 5.54. The average molecular weight is 295 g/mol. The van der Waals surface area contributed by atoms with E-state index in [2.05, 4.69) is 0 Å². The van der Waals surface area contributed by atoms with Gasteiger partial charge < -0.3 is 19.3 Å². The van der Waals surface area contributed by atoms with Crippen LogP contribution >= 0.6 is 0 Å². The number of hydrogen-bond acceptors (Lipinski definition) is 5. The molecule has 2 unspecified atom stereocenters. The Morgan fingerprint density at radius 3 is 2.76 bits per heavy atom. The minimum absolute atomic E-state index is 0.140. The number of rotatable bonds is 6. The predicted octanol–water partition coefficient (Wildman–Crippen LogP) is 1.24. The number of para-hydroxylation sites is 1. The Bertz CT molecular complexity index is 505. The molecule has 1 fully saturated rings. The zero-order valence-electron chi connectivity index (χ0n) is 12.5. The zero-order valence-corrected chi connectivity index (χ0v) is 12.5. The van der Waals surface area contributed by atoms with Crippen LogP contribution in [0.5, 0.6) is 11.5 Å². The van der Waals surface area contributed by atoms with E-state index in [9.17, 15) is 9.90 Å². The van der Waals surface area contributed by atoms with Gasteiger partial charge in [-0.05, 0) is 13.1 Å². The van der Waals surface area contributed by atoms with Gasteiger partial charge in [0, 0.05) is 18.2 Å². The van der Waals surface area contributed by atoms with Crippen LogP contribution in [0.15, 0.2) is 18.2 Å². The first kappa shape index (κ1) is 15.6. The third kappa shape index (κ3) is 3.28. The number of nitrogens with zero attached hydrogens (tertiary/aromatic N) is 1. The van der Waals surface area contributed by atoms with E-state index in [4.69, 9.17) is 14.2 Å². The van der Waals surface area contributed by atoms with Crippen molar-refractivity contribution >= 4 is 5.97 Å². The van der Waals surface area contributed by atoms with Crippen molar-refractivity contribution in [2.75, 3.05) is 34.5 Å². The van der Waals surface area contributed by atoms with Crippen molar-refractivity contribution in [3.05, 3.63) is 23.8 Å². The van der Waals surface area contributed by atoms with Gasteiger partial charge in [0.05, 0.1) is 33.4 Å². The lowest BCUT2D eigenvalue weighted by Gasteiger charge is -2.27. The topological polar surface area (TPSA) is 68.2 Å². The summed E-state index contributed by atoms with van der Waals surface area (Å²) in [5, 5.41) is 9.23. The van der Waals surface area contributed by atoms with E-state index < -0.39 is 11.9 Å². The van der Waals surface area contributed by atoms with Crippen molar-refractivity contribution in [2.45, 2.75) is 12.6 Å². The van der Waals surface area contributed by atoms with Gasteiger partial charge in [0.15, 0.2) is 11.5 Å². The number of carboxylic acid groups (broad SMARTS) is 1. The quantitative estimate of drug-likeness (QED) is 0.851. The first-order valence-corrected chi connectivity index (χ1v) is 6.79. The molecule has 0 amide bonds. The number of aliphatic carboxylic acids is 1. The summed E-state index contributed by atoms with van der Waals surface area (Å²) in [5.41, 5.74) is 0.954. The Kier molecular flexibility index (Phi) is 5.03. The molecule has 21 heavy (non-hydrogen) atoms. The first-order valence-electron chi connectivity index (χ1n) is 6.79. The molecule has 0 aliphatic carbocycles. The van der Waals surface area contributed by atoms with Crippen molar-refractivity contribution < 1.29 is 24.1 Å². The molecule has 6 nitrogen and oxygen atoms in total. The molecule has 0 bridgehead atoms. The molecule has 1 N–H and O–H groups in total. The monoisotopic (exact) mass is 295 g/mol. The SMILES string of the molecule is COc1cccc(CN(C)C2COCC2C(=O)O)c1OC. The van der Waals surface area contributed by atoms with Crippen molar-refractivity contribution in [3.63, 3.8) is 0 Å². The number of likely N-dealkylation sites (N-methyl/N-ethyl adjacent to an activating group) is 1. The smallest absolute Gasteiger partial charge is 0.310 e. The molecule has 0 aromatic heterocycles. The predicted molar refractivity (Wildman–Crippen MR) is 76.7 cm³/mol. The van der Waals surface area contributed by atoms with Crippen molar-refractivity contribution in [1.82, 2.24) is 4.90 Å². The molecule has 116 valence electrons. The second-order valence-electron chi connectivity index (χ2n) is 5.12. The summed E-state index contributed by atoms with van der Waals surface area (Å²) in [6.45, 7) is 1.26. The second-order valence-corrected chi connectivity index (χ2v) is 5.12. The van der Waals surface area contributed by atoms with E-state index in [0.29, 0.717) is 24.7 Å². The molecule has 0 spiro atoms. The Labute approximate surface area is 124 Å². The van der Waals surface area contributed by atoms with Crippen molar-refractivity contribution in [1.29, 1.82) is 0 Å². The highest BCUT2D eigenvalue weighted by molar-refractivity contribution is 5.71. The maximum absolute atomic E-state index is 11.2. The third-order valence-electron chi connectivity index (χ3n) is 3.84. The van der Waals surface area contributed by atoms with E-state index in [1.54, 1.807) is 14.2 Å². The average Bonchev–Trinajstić information content (AvgIpc) is 2.96. The molecule has 1 aromatic rings. The Morgan fingerprint density at radius 1 is 1.38 bits per heavy atom. The number of carbonyl (C=O) groups is 1. The molecule has 6 heteroatoms. The lowest BCUT2D eigenvalue weighted by Crippen LogP contribution is -2.40. The molecule has 1 aliphatic rings. The summed E-state index contributed by atoms with van der Waals surface area (Å²) < 4.78 is 16.0. The number of benzene rings is 1. The molecule has 1 aromatic carbocycles. The molecular weight excluding hydrogens is 274 g/mol. The van der Waals surface area contributed by atoms with Crippen LogP contribution < -0.4 is 9.47 Å². The number of hydrogen-bond donors (Lipinski definition) is 1. The largest absolute Gasteiger partial charge is 0.493 e. The summed E-state index contributed by atoms with van der Waals surface area (Å²) >= 11 is 0. The second kappa shape index (κ2) is 6.78. The molecule has 2 atom stereocenters. The standard InChI is InChI=1S/C15H21NO5/c1-16(12-9-21-8-11(12)15(17)18)7-10-5-4-6-13(19-2)14(10)20-3/h4-6,11-12H,7-9H2,1-3H3,(H,17,18). The van der Waals surface area contributed by atoms with E-state index in [1.165, 1.54) is 0 Å². The van der Waals surface area contributed by atoms with Crippen LogP contribution in [0.1, 0.15) is 5.56 Å². The molecule has 0 radical (unpaired) electrons. The van der Waals surface area contributed by atoms with Crippen LogP contribution in [0.3, 0.4) is 0 Å². The maximum Gasteiger partial charge on any atom is 0.310 e. The van der Waals surface area contributed by atoms with Crippen molar-refractivity contribution in [2.24, 2.45) is 5.92 Å². The van der Waals surface area contributed by atoms with E-state index >= 15 is 0 Å². The summed E-state index contributed by atoms with van der Waals surface area (Å²) in [5.74, 6) is 0.0343. The molecule has 0 saturated carbocycles. The van der Waals surface area contributed by atoms with Gasteiger partial charge >= 0.3 is 5.97 Å². The summed E-state index contributed by atoms with van der Waals surface area (Å²) in [4.78, 5) is 13.2. The van der Waals surface area contributed by atoms with E-state index in [1.807, 2.05) is 30.1 Å². The highest BCUT2D eigenvalue weighted by Gasteiger charge is 2.36. The lowest BCUT2D eigenvalue weighted by molar-refractivity contribution is -0.143. The van der Waals surface area contributed by atoms with E-state index in [-0.39, 0.29) is 12.6 Å². The summed E-state index contributed by atoms with van der Waals surface area (Å²) in [7, 11) is 5.09. The number of ether oxygens (including phenoxy) is 3. The van der Waals surface area contributed by atoms with Gasteiger partial charge in [0.25, 0.3) is 0 Å². The minimum Gasteiger partial charge on any atom is -0.493 e. The normalized spacial score (nSPS) is 21.5. The van der Waals surface area contributed by atoms with Gasteiger partial charge in [-0.1, -0.05) is 12.1 Å². The molecular formula is C15H21NO5. The van der Waals surface area contributed by atoms with E-state index in [0.717, 1.165) is 5.56 Å². The zero-order chi connectivity index (χ0) is 15.4. The summed E-state index contributed by atoms with van der Waals surface area (Å²) in [6.07, 6.45) is 0. The Morgan fingerprint density at radius 2 is 2.14 bits per heavy atom. The van der Waals surface area contributed by atoms with Crippen LogP contribution in [-0.4, -0.2) is 56.5 Å². The fraction of sp³-hybridized carbons (Fsp3) is 0.533. The van der Waals surface area contributed by atoms with Gasteiger partial charge in [-0.3, -0.25) is 9.69 Å². The highest BCUT2D eigenvalue weighted by atomic mass is 16.5. The third-order valence-corrected chi connectivity index (χ3v) is 3.84. The van der Waals surface area contributed by atoms with Gasteiger partial charge in [0.2, 0.25) is 0 Å². The fourth-order valence-corrected chi connectivity index (χ4v) is 2.68. The molecule has 1 heterocycles. The maximum atomic E-state index is 11.2. The van der Waals surface area contributed by atoms with Crippen LogP contribution in [0, 0.1) is 5.92 Å². The first-order chi connectivity index (χ1) is 10.1. The van der Waals surface area contributed by atoms with Gasteiger partial charge in [-0.2, -0.15) is 0 Å². The van der Waals surface area contributed by atoms with Gasteiger partial charge in [-0.25, -0.2) is 0 Å². The fourth-order valence-electron chi connectivity index (χ4n) is 2.68. The van der Waals surface area contributed by atoms with Crippen LogP contribution in [-0.2, 0) is 16.1 Å². The van der Waals surface area contributed by atoms with Crippen LogP contribution in [0.4, 0.5) is 0 Å². The van der Waals surface area contributed by atoms with Gasteiger partial charge in [0.1, 0.15) is 0 Å². The highest BCUT2D eigenvalue weighted by Crippen LogP contribution is 2.32. The molecule has 1 aliphatic heterocycles.